The van der Waals surface area contributed by atoms with Crippen LogP contribution in [0.25, 0.3) is 10.6 Å². The van der Waals surface area contributed by atoms with Gasteiger partial charge in [-0.15, -0.1) is 11.3 Å². The lowest BCUT2D eigenvalue weighted by Gasteiger charge is -2.03. The molecule has 0 spiro atoms. The van der Waals surface area contributed by atoms with E-state index < -0.39 is 17.5 Å². The number of rotatable bonds is 5. The third-order valence-corrected chi connectivity index (χ3v) is 6.46. The van der Waals surface area contributed by atoms with Crippen LogP contribution in [0.5, 0.6) is 0 Å². The van der Waals surface area contributed by atoms with Crippen LogP contribution in [0.15, 0.2) is 47.8 Å². The van der Waals surface area contributed by atoms with Crippen molar-refractivity contribution in [1.29, 1.82) is 0 Å². The number of nitrogens with zero attached hydrogens (tertiary/aromatic N) is 2. The maximum absolute atomic E-state index is 13.4. The van der Waals surface area contributed by atoms with E-state index in [1.54, 1.807) is 36.6 Å². The predicted octanol–water partition coefficient (Wildman–Crippen LogP) is 6.01. The molecule has 2 heterocycles. The van der Waals surface area contributed by atoms with Crippen LogP contribution in [0.4, 0.5) is 19.0 Å². The number of hydrogen-bond acceptors (Lipinski definition) is 6. The summed E-state index contributed by atoms with van der Waals surface area (Å²) < 4.78 is 26.4. The van der Waals surface area contributed by atoms with Crippen molar-refractivity contribution >= 4 is 56.4 Å². The highest BCUT2D eigenvalue weighted by Gasteiger charge is 2.18. The second kappa shape index (κ2) is 9.11. The smallest absolute Gasteiger partial charge is 0.258 e. The van der Waals surface area contributed by atoms with Crippen LogP contribution < -0.4 is 10.6 Å². The monoisotopic (exact) mass is 490 g/mol. The Bertz CT molecular complexity index is 1340. The summed E-state index contributed by atoms with van der Waals surface area (Å²) in [6.07, 6.45) is 0. The summed E-state index contributed by atoms with van der Waals surface area (Å²) in [6, 6.07) is 9.57. The molecule has 162 valence electrons. The van der Waals surface area contributed by atoms with E-state index in [-0.39, 0.29) is 16.6 Å². The van der Waals surface area contributed by atoms with Gasteiger partial charge < -0.3 is 0 Å². The number of amides is 2. The molecule has 6 nitrogen and oxygen atoms in total. The van der Waals surface area contributed by atoms with Crippen molar-refractivity contribution in [2.24, 2.45) is 0 Å². The third-order valence-electron chi connectivity index (χ3n) is 4.27. The minimum atomic E-state index is -1.11. The van der Waals surface area contributed by atoms with Crippen LogP contribution in [-0.2, 0) is 0 Å². The van der Waals surface area contributed by atoms with Gasteiger partial charge in [-0.2, -0.15) is 0 Å². The van der Waals surface area contributed by atoms with Crippen LogP contribution >= 0.6 is 34.3 Å². The molecule has 0 radical (unpaired) electrons. The SMILES string of the molecule is Cc1nc(NC(=O)c2ccccc2Cl)sc1-c1csc(NC(=O)c2ccc(F)c(F)c2)n1. The van der Waals surface area contributed by atoms with Crippen molar-refractivity contribution in [1.82, 2.24) is 9.97 Å². The zero-order chi connectivity index (χ0) is 22.8. The largest absolute Gasteiger partial charge is 0.298 e. The highest BCUT2D eigenvalue weighted by atomic mass is 35.5. The molecule has 2 aromatic heterocycles. The van der Waals surface area contributed by atoms with E-state index in [0.29, 0.717) is 32.0 Å². The number of halogens is 3. The normalized spacial score (nSPS) is 10.8. The third kappa shape index (κ3) is 4.67. The van der Waals surface area contributed by atoms with Gasteiger partial charge >= 0.3 is 0 Å². The lowest BCUT2D eigenvalue weighted by molar-refractivity contribution is 0.101. The van der Waals surface area contributed by atoms with Crippen LogP contribution in [0.1, 0.15) is 26.4 Å². The van der Waals surface area contributed by atoms with E-state index in [9.17, 15) is 18.4 Å². The first-order valence-electron chi connectivity index (χ1n) is 9.07. The summed E-state index contributed by atoms with van der Waals surface area (Å²) in [6.45, 7) is 1.77. The van der Waals surface area contributed by atoms with E-state index in [0.717, 1.165) is 12.1 Å². The van der Waals surface area contributed by atoms with Crippen molar-refractivity contribution in [2.45, 2.75) is 6.92 Å². The van der Waals surface area contributed by atoms with E-state index in [4.69, 9.17) is 11.6 Å². The molecule has 32 heavy (non-hydrogen) atoms. The van der Waals surface area contributed by atoms with E-state index in [2.05, 4.69) is 20.6 Å². The minimum Gasteiger partial charge on any atom is -0.298 e. The molecule has 2 amide bonds. The number of thiazole rings is 2. The van der Waals surface area contributed by atoms with Gasteiger partial charge in [-0.1, -0.05) is 35.1 Å². The number of aryl methyl sites for hydroxylation is 1. The summed E-state index contributed by atoms with van der Waals surface area (Å²) >= 11 is 8.46. The summed E-state index contributed by atoms with van der Waals surface area (Å²) in [4.78, 5) is 34.2. The molecule has 2 N–H and O–H groups in total. The van der Waals surface area contributed by atoms with Crippen molar-refractivity contribution < 1.29 is 18.4 Å². The molecule has 0 saturated carbocycles. The first-order valence-corrected chi connectivity index (χ1v) is 11.1. The molecule has 0 aliphatic heterocycles. The number of carbonyl (C=O) groups excluding carboxylic acids is 2. The van der Waals surface area contributed by atoms with Gasteiger partial charge in [0.05, 0.1) is 26.9 Å². The quantitative estimate of drug-likeness (QED) is 0.359. The van der Waals surface area contributed by atoms with Crippen LogP contribution in [0.2, 0.25) is 5.02 Å². The molecule has 4 aromatic rings. The molecule has 2 aromatic carbocycles. The molecule has 0 aliphatic rings. The fourth-order valence-corrected chi connectivity index (χ4v) is 4.65. The fraction of sp³-hybridized carbons (Fsp3) is 0.0476. The van der Waals surface area contributed by atoms with Crippen molar-refractivity contribution in [2.75, 3.05) is 10.6 Å². The second-order valence-electron chi connectivity index (χ2n) is 6.49. The van der Waals surface area contributed by atoms with Gasteiger partial charge in [-0.25, -0.2) is 18.7 Å². The topological polar surface area (TPSA) is 84.0 Å². The Kier molecular flexibility index (Phi) is 6.26. The molecule has 0 atom stereocenters. The average Bonchev–Trinajstić information content (AvgIpc) is 3.36. The molecule has 4 rings (SSSR count). The summed E-state index contributed by atoms with van der Waals surface area (Å²) in [5, 5.41) is 8.00. The molecule has 11 heteroatoms. The van der Waals surface area contributed by atoms with E-state index in [1.807, 2.05) is 0 Å². The number of aromatic nitrogens is 2. The lowest BCUT2D eigenvalue weighted by Crippen LogP contribution is -2.12. The van der Waals surface area contributed by atoms with Gasteiger partial charge in [0, 0.05) is 10.9 Å². The highest BCUT2D eigenvalue weighted by Crippen LogP contribution is 2.35. The van der Waals surface area contributed by atoms with Gasteiger partial charge in [0.15, 0.2) is 21.9 Å². The van der Waals surface area contributed by atoms with Gasteiger partial charge in [-0.05, 0) is 37.3 Å². The summed E-state index contributed by atoms with van der Waals surface area (Å²) in [7, 11) is 0. The van der Waals surface area contributed by atoms with Crippen molar-refractivity contribution in [3.63, 3.8) is 0 Å². The Labute approximate surface area is 193 Å². The molecule has 0 aliphatic carbocycles. The fourth-order valence-electron chi connectivity index (χ4n) is 2.74. The Balaban J connectivity index is 1.49. The van der Waals surface area contributed by atoms with Gasteiger partial charge in [-0.3, -0.25) is 20.2 Å². The summed E-state index contributed by atoms with van der Waals surface area (Å²) in [5.74, 6) is -3.13. The maximum Gasteiger partial charge on any atom is 0.258 e. The molecular formula is C21H13ClF2N4O2S2. The van der Waals surface area contributed by atoms with Crippen LogP contribution in [0.3, 0.4) is 0 Å². The number of hydrogen-bond donors (Lipinski definition) is 2. The van der Waals surface area contributed by atoms with E-state index in [1.165, 1.54) is 28.7 Å². The summed E-state index contributed by atoms with van der Waals surface area (Å²) in [5.41, 5.74) is 1.51. The highest BCUT2D eigenvalue weighted by molar-refractivity contribution is 7.20. The zero-order valence-corrected chi connectivity index (χ0v) is 18.7. The maximum atomic E-state index is 13.4. The first-order chi connectivity index (χ1) is 15.3. The Hall–Kier alpha value is -3.21. The average molecular weight is 491 g/mol. The van der Waals surface area contributed by atoms with E-state index >= 15 is 0 Å². The van der Waals surface area contributed by atoms with Crippen LogP contribution in [0, 0.1) is 18.6 Å². The predicted molar refractivity (Wildman–Crippen MR) is 122 cm³/mol. The molecular weight excluding hydrogens is 478 g/mol. The Morgan fingerprint density at radius 3 is 2.47 bits per heavy atom. The Morgan fingerprint density at radius 2 is 1.72 bits per heavy atom. The van der Waals surface area contributed by atoms with Crippen LogP contribution in [-0.4, -0.2) is 21.8 Å². The van der Waals surface area contributed by atoms with Gasteiger partial charge in [0.25, 0.3) is 11.8 Å². The molecule has 0 fully saturated rings. The lowest BCUT2D eigenvalue weighted by atomic mass is 10.2. The number of anilines is 2. The van der Waals surface area contributed by atoms with Crippen molar-refractivity contribution in [3.8, 4) is 10.6 Å². The molecule has 0 bridgehead atoms. The number of benzene rings is 2. The zero-order valence-electron chi connectivity index (χ0n) is 16.3. The Morgan fingerprint density at radius 1 is 0.969 bits per heavy atom. The molecule has 0 unspecified atom stereocenters. The van der Waals surface area contributed by atoms with Gasteiger partial charge in [0.1, 0.15) is 0 Å². The standard InChI is InChI=1S/C21H13ClF2N4O2S2/c1-10-17(32-21(25-10)28-19(30)12-4-2-3-5-13(12)22)16-9-31-20(26-16)27-18(29)11-6-7-14(23)15(24)8-11/h2-9H,1H3,(H,25,28,30)(H,26,27,29). The van der Waals surface area contributed by atoms with Gasteiger partial charge in [0.2, 0.25) is 0 Å². The minimum absolute atomic E-state index is 0.0285. The molecule has 0 saturated heterocycles. The second-order valence-corrected chi connectivity index (χ2v) is 8.75. The number of carbonyl (C=O) groups is 2. The first kappa shape index (κ1) is 22.0. The van der Waals surface area contributed by atoms with Crippen molar-refractivity contribution in [3.05, 3.63) is 81.3 Å². The number of nitrogens with one attached hydrogen (secondary N) is 2.